The van der Waals surface area contributed by atoms with E-state index in [2.05, 4.69) is 14.7 Å². The summed E-state index contributed by atoms with van der Waals surface area (Å²) in [6.45, 7) is 2.54. The normalized spacial score (nSPS) is 11.7. The summed E-state index contributed by atoms with van der Waals surface area (Å²) < 4.78 is 27.1. The van der Waals surface area contributed by atoms with E-state index >= 15 is 0 Å². The summed E-state index contributed by atoms with van der Waals surface area (Å²) in [7, 11) is -3.36. The molecular weight excluding hydrogens is 304 g/mol. The first kappa shape index (κ1) is 14.2. The maximum absolute atomic E-state index is 11.6. The van der Waals surface area contributed by atoms with Gasteiger partial charge in [-0.05, 0) is 18.5 Å². The fraction of sp³-hybridized carbons (Fsp3) is 0.400. The van der Waals surface area contributed by atoms with E-state index in [1.165, 1.54) is 0 Å². The van der Waals surface area contributed by atoms with Crippen LogP contribution < -0.4 is 11.1 Å². The first-order chi connectivity index (χ1) is 8.88. The summed E-state index contributed by atoms with van der Waals surface area (Å²) in [6.07, 6.45) is 1.86. The Kier molecular flexibility index (Phi) is 4.07. The predicted molar refractivity (Wildman–Crippen MR) is 78.7 cm³/mol. The van der Waals surface area contributed by atoms with Crippen LogP contribution in [-0.2, 0) is 16.3 Å². The third kappa shape index (κ3) is 3.43. The number of sulfone groups is 1. The van der Waals surface area contributed by atoms with Gasteiger partial charge in [-0.1, -0.05) is 0 Å². The SMILES string of the molecule is Cc1csc(CCNc2snc(N)c2S(C)(=O)=O)n1. The second kappa shape index (κ2) is 5.43. The molecule has 0 bridgehead atoms. The van der Waals surface area contributed by atoms with E-state index in [1.54, 1.807) is 11.3 Å². The smallest absolute Gasteiger partial charge is 0.182 e. The quantitative estimate of drug-likeness (QED) is 0.868. The molecule has 2 rings (SSSR count). The van der Waals surface area contributed by atoms with Crippen molar-refractivity contribution < 1.29 is 8.42 Å². The number of nitrogens with two attached hydrogens (primary N) is 1. The Bertz CT molecular complexity index is 675. The Morgan fingerprint density at radius 3 is 2.79 bits per heavy atom. The fourth-order valence-electron chi connectivity index (χ4n) is 1.57. The Morgan fingerprint density at radius 2 is 2.21 bits per heavy atom. The molecule has 0 radical (unpaired) electrons. The van der Waals surface area contributed by atoms with E-state index < -0.39 is 9.84 Å². The van der Waals surface area contributed by atoms with Crippen LogP contribution in [0.4, 0.5) is 10.8 Å². The lowest BCUT2D eigenvalue weighted by Gasteiger charge is -2.04. The van der Waals surface area contributed by atoms with Crippen LogP contribution in [0.1, 0.15) is 10.7 Å². The van der Waals surface area contributed by atoms with Gasteiger partial charge in [0.2, 0.25) is 0 Å². The maximum atomic E-state index is 11.6. The van der Waals surface area contributed by atoms with E-state index in [-0.39, 0.29) is 10.7 Å². The Hall–Kier alpha value is -1.19. The van der Waals surface area contributed by atoms with Crippen molar-refractivity contribution in [2.24, 2.45) is 0 Å². The molecule has 3 N–H and O–H groups in total. The van der Waals surface area contributed by atoms with Gasteiger partial charge in [-0.3, -0.25) is 0 Å². The van der Waals surface area contributed by atoms with Crippen LogP contribution in [0.15, 0.2) is 10.3 Å². The van der Waals surface area contributed by atoms with Gasteiger partial charge < -0.3 is 11.1 Å². The van der Waals surface area contributed by atoms with Gasteiger partial charge in [0.25, 0.3) is 0 Å². The highest BCUT2D eigenvalue weighted by Crippen LogP contribution is 2.31. The van der Waals surface area contributed by atoms with Crippen LogP contribution in [0, 0.1) is 6.92 Å². The first-order valence-corrected chi connectivity index (χ1v) is 9.02. The average molecular weight is 318 g/mol. The van der Waals surface area contributed by atoms with Crippen molar-refractivity contribution in [3.05, 3.63) is 16.1 Å². The highest BCUT2D eigenvalue weighted by atomic mass is 32.2. The van der Waals surface area contributed by atoms with E-state index in [0.717, 1.165) is 34.9 Å². The molecule has 0 spiro atoms. The van der Waals surface area contributed by atoms with Crippen molar-refractivity contribution >= 4 is 43.5 Å². The number of anilines is 2. The molecule has 104 valence electrons. The number of nitrogens with zero attached hydrogens (tertiary/aromatic N) is 2. The Balaban J connectivity index is 2.04. The average Bonchev–Trinajstić information content (AvgIpc) is 2.85. The van der Waals surface area contributed by atoms with Crippen molar-refractivity contribution in [2.45, 2.75) is 18.2 Å². The number of hydrogen-bond acceptors (Lipinski definition) is 8. The monoisotopic (exact) mass is 318 g/mol. The van der Waals surface area contributed by atoms with E-state index in [9.17, 15) is 8.42 Å². The fourth-order valence-corrected chi connectivity index (χ4v) is 4.43. The molecule has 0 aliphatic rings. The number of nitrogens with one attached hydrogen (secondary N) is 1. The molecule has 6 nitrogen and oxygen atoms in total. The molecule has 0 aliphatic heterocycles. The number of rotatable bonds is 5. The predicted octanol–water partition coefficient (Wildman–Crippen LogP) is 1.55. The minimum Gasteiger partial charge on any atom is -0.382 e. The van der Waals surface area contributed by atoms with Crippen molar-refractivity contribution in [1.29, 1.82) is 0 Å². The summed E-state index contributed by atoms with van der Waals surface area (Å²) in [6, 6.07) is 0. The maximum Gasteiger partial charge on any atom is 0.182 e. The lowest BCUT2D eigenvalue weighted by Crippen LogP contribution is -2.08. The molecule has 2 aromatic rings. The van der Waals surface area contributed by atoms with Crippen molar-refractivity contribution in [3.8, 4) is 0 Å². The van der Waals surface area contributed by atoms with E-state index in [4.69, 9.17) is 5.73 Å². The standard InChI is InChI=1S/C10H14N4O2S3/c1-6-5-17-7(13-6)3-4-12-10-8(19(2,15)16)9(11)14-18-10/h5,12H,3-4H2,1-2H3,(H2,11,14). The number of nitrogen functional groups attached to an aromatic ring is 1. The summed E-state index contributed by atoms with van der Waals surface area (Å²) in [4.78, 5) is 4.43. The van der Waals surface area contributed by atoms with Gasteiger partial charge in [-0.2, -0.15) is 4.37 Å². The van der Waals surface area contributed by atoms with E-state index in [1.807, 2.05) is 12.3 Å². The van der Waals surface area contributed by atoms with Crippen LogP contribution in [0.2, 0.25) is 0 Å². The van der Waals surface area contributed by atoms with Crippen LogP contribution in [0.3, 0.4) is 0 Å². The van der Waals surface area contributed by atoms with Gasteiger partial charge in [0, 0.05) is 30.3 Å². The zero-order valence-corrected chi connectivity index (χ0v) is 13.0. The van der Waals surface area contributed by atoms with Gasteiger partial charge >= 0.3 is 0 Å². The minimum absolute atomic E-state index is 0.0556. The van der Waals surface area contributed by atoms with Crippen LogP contribution >= 0.6 is 22.9 Å². The summed E-state index contributed by atoms with van der Waals surface area (Å²) in [5.74, 6) is 0.0556. The molecule has 0 aliphatic carbocycles. The Labute approximate surface area is 119 Å². The van der Waals surface area contributed by atoms with Gasteiger partial charge in [0.15, 0.2) is 15.7 Å². The van der Waals surface area contributed by atoms with Crippen molar-refractivity contribution in [3.63, 3.8) is 0 Å². The summed E-state index contributed by atoms with van der Waals surface area (Å²) in [5, 5.41) is 6.56. The summed E-state index contributed by atoms with van der Waals surface area (Å²) in [5.41, 5.74) is 6.58. The molecule has 0 aromatic carbocycles. The number of hydrogen-bond donors (Lipinski definition) is 2. The number of thiazole rings is 1. The van der Waals surface area contributed by atoms with Crippen LogP contribution in [-0.4, -0.2) is 30.6 Å². The van der Waals surface area contributed by atoms with Crippen LogP contribution in [0.5, 0.6) is 0 Å². The van der Waals surface area contributed by atoms with Crippen molar-refractivity contribution in [1.82, 2.24) is 9.36 Å². The molecule has 0 saturated heterocycles. The first-order valence-electron chi connectivity index (χ1n) is 5.48. The Morgan fingerprint density at radius 1 is 1.47 bits per heavy atom. The van der Waals surface area contributed by atoms with Gasteiger partial charge in [0.1, 0.15) is 9.90 Å². The van der Waals surface area contributed by atoms with Gasteiger partial charge in [-0.25, -0.2) is 13.4 Å². The highest BCUT2D eigenvalue weighted by molar-refractivity contribution is 7.91. The second-order valence-corrected chi connectivity index (χ2v) is 7.73. The topological polar surface area (TPSA) is 98.0 Å². The lowest BCUT2D eigenvalue weighted by molar-refractivity contribution is 0.602. The number of aromatic nitrogens is 2. The molecule has 0 unspecified atom stereocenters. The largest absolute Gasteiger partial charge is 0.382 e. The number of aryl methyl sites for hydroxylation is 1. The molecule has 0 atom stereocenters. The molecule has 2 aromatic heterocycles. The zero-order chi connectivity index (χ0) is 14.0. The van der Waals surface area contributed by atoms with Crippen LogP contribution in [0.25, 0.3) is 0 Å². The molecule has 9 heteroatoms. The molecular formula is C10H14N4O2S3. The molecule has 2 heterocycles. The zero-order valence-electron chi connectivity index (χ0n) is 10.5. The van der Waals surface area contributed by atoms with E-state index in [0.29, 0.717) is 11.5 Å². The third-order valence-corrected chi connectivity index (χ3v) is 5.47. The highest BCUT2D eigenvalue weighted by Gasteiger charge is 2.20. The van der Waals surface area contributed by atoms with Crippen molar-refractivity contribution in [2.75, 3.05) is 23.9 Å². The molecule has 19 heavy (non-hydrogen) atoms. The summed E-state index contributed by atoms with van der Waals surface area (Å²) >= 11 is 2.65. The molecule has 0 fully saturated rings. The van der Waals surface area contributed by atoms with Gasteiger partial charge in [0.05, 0.1) is 5.01 Å². The molecule has 0 amide bonds. The molecule has 0 saturated carbocycles. The van der Waals surface area contributed by atoms with Gasteiger partial charge in [-0.15, -0.1) is 11.3 Å². The second-order valence-electron chi connectivity index (χ2n) is 4.06. The lowest BCUT2D eigenvalue weighted by atomic mass is 10.4. The minimum atomic E-state index is -3.36. The third-order valence-electron chi connectivity index (χ3n) is 2.34.